The van der Waals surface area contributed by atoms with Crippen LogP contribution in [0.15, 0.2) is 35.2 Å². The Morgan fingerprint density at radius 1 is 1.24 bits per heavy atom. The second-order valence-electron chi connectivity index (χ2n) is 10.5. The Labute approximate surface area is 197 Å². The van der Waals surface area contributed by atoms with Gasteiger partial charge in [-0.25, -0.2) is 19.4 Å². The summed E-state index contributed by atoms with van der Waals surface area (Å²) in [6, 6.07) is 0.0662. The van der Waals surface area contributed by atoms with Gasteiger partial charge >= 0.3 is 5.69 Å². The first kappa shape index (κ1) is 21.3. The Bertz CT molecular complexity index is 1380. The van der Waals surface area contributed by atoms with Crippen molar-refractivity contribution in [3.8, 4) is 0 Å². The summed E-state index contributed by atoms with van der Waals surface area (Å²) in [6.45, 7) is 6.05. The van der Waals surface area contributed by atoms with Gasteiger partial charge in [0, 0.05) is 25.8 Å². The first-order valence-electron chi connectivity index (χ1n) is 11.9. The van der Waals surface area contributed by atoms with Gasteiger partial charge in [0.1, 0.15) is 11.8 Å². The fraction of sp³-hybridized carbons (Fsp3) is 0.542. The van der Waals surface area contributed by atoms with E-state index in [2.05, 4.69) is 27.0 Å². The van der Waals surface area contributed by atoms with Gasteiger partial charge in [0.2, 0.25) is 5.95 Å². The van der Waals surface area contributed by atoms with Gasteiger partial charge in [0.15, 0.2) is 11.5 Å². The minimum atomic E-state index is -0.548. The Kier molecular flexibility index (Phi) is 4.61. The SMILES string of the molecule is C=C(Nc1ncc2c(n1)n(C1C3CC4CC1CC(O)(C4)C3)c(=O)n2C)/C(C)=C\c1ncnn1C. The average molecular weight is 463 g/mol. The number of nitrogens with one attached hydrogen (secondary N) is 1. The van der Waals surface area contributed by atoms with Crippen LogP contribution >= 0.6 is 0 Å². The largest absolute Gasteiger partial charge is 0.390 e. The van der Waals surface area contributed by atoms with E-state index in [9.17, 15) is 9.90 Å². The predicted octanol–water partition coefficient (Wildman–Crippen LogP) is 2.40. The lowest BCUT2D eigenvalue weighted by molar-refractivity contribution is -0.146. The highest BCUT2D eigenvalue weighted by molar-refractivity contribution is 5.72. The molecular weight excluding hydrogens is 432 g/mol. The minimum absolute atomic E-state index is 0.0662. The van der Waals surface area contributed by atoms with E-state index in [0.717, 1.165) is 43.5 Å². The summed E-state index contributed by atoms with van der Waals surface area (Å²) in [5.41, 5.74) is 2.25. The molecule has 4 aliphatic carbocycles. The molecule has 0 aliphatic heterocycles. The van der Waals surface area contributed by atoms with Crippen LogP contribution in [0.25, 0.3) is 17.2 Å². The van der Waals surface area contributed by atoms with Crippen molar-refractivity contribution < 1.29 is 5.11 Å². The van der Waals surface area contributed by atoms with Crippen molar-refractivity contribution in [3.63, 3.8) is 0 Å². The monoisotopic (exact) mass is 462 g/mol. The van der Waals surface area contributed by atoms with Crippen LogP contribution in [-0.2, 0) is 14.1 Å². The maximum Gasteiger partial charge on any atom is 0.330 e. The number of rotatable bonds is 5. The molecule has 3 aromatic heterocycles. The van der Waals surface area contributed by atoms with Crippen LogP contribution in [0.4, 0.5) is 5.95 Å². The molecule has 0 saturated heterocycles. The van der Waals surface area contributed by atoms with Crippen LogP contribution in [0.1, 0.15) is 50.9 Å². The zero-order chi connectivity index (χ0) is 23.8. The first-order chi connectivity index (χ1) is 16.2. The van der Waals surface area contributed by atoms with E-state index >= 15 is 0 Å². The Morgan fingerprint density at radius 2 is 1.97 bits per heavy atom. The van der Waals surface area contributed by atoms with Crippen LogP contribution < -0.4 is 11.0 Å². The van der Waals surface area contributed by atoms with Crippen molar-refractivity contribution in [2.75, 3.05) is 5.32 Å². The number of anilines is 1. The zero-order valence-electron chi connectivity index (χ0n) is 19.8. The lowest BCUT2D eigenvalue weighted by Gasteiger charge is -2.58. The second kappa shape index (κ2) is 7.36. The van der Waals surface area contributed by atoms with E-state index in [1.807, 2.05) is 24.6 Å². The van der Waals surface area contributed by atoms with Gasteiger partial charge in [0.25, 0.3) is 0 Å². The zero-order valence-corrected chi connectivity index (χ0v) is 19.8. The number of aliphatic hydroxyl groups is 1. The number of nitrogens with zero attached hydrogens (tertiary/aromatic N) is 7. The van der Waals surface area contributed by atoms with Gasteiger partial charge in [-0.05, 0) is 68.4 Å². The summed E-state index contributed by atoms with van der Waals surface area (Å²) in [6.07, 6.45) is 9.69. The number of hydrogen-bond acceptors (Lipinski definition) is 7. The summed E-state index contributed by atoms with van der Waals surface area (Å²) in [4.78, 5) is 26.8. The van der Waals surface area contributed by atoms with Crippen molar-refractivity contribution in [1.82, 2.24) is 33.9 Å². The molecule has 10 nitrogen and oxygen atoms in total. The summed E-state index contributed by atoms with van der Waals surface area (Å²) in [5, 5.41) is 18.3. The number of aryl methyl sites for hydroxylation is 2. The average Bonchev–Trinajstić information content (AvgIpc) is 3.28. The highest BCUT2D eigenvalue weighted by Crippen LogP contribution is 2.59. The van der Waals surface area contributed by atoms with Gasteiger partial charge < -0.3 is 10.4 Å². The van der Waals surface area contributed by atoms with E-state index in [1.54, 1.807) is 22.5 Å². The van der Waals surface area contributed by atoms with E-state index in [0.29, 0.717) is 40.6 Å². The van der Waals surface area contributed by atoms with Crippen molar-refractivity contribution in [2.24, 2.45) is 31.8 Å². The van der Waals surface area contributed by atoms with Crippen molar-refractivity contribution in [1.29, 1.82) is 0 Å². The van der Waals surface area contributed by atoms with Crippen LogP contribution in [0.5, 0.6) is 0 Å². The number of imidazole rings is 1. The second-order valence-corrected chi connectivity index (χ2v) is 10.5. The maximum absolute atomic E-state index is 13.4. The molecule has 0 spiro atoms. The molecule has 0 amide bonds. The van der Waals surface area contributed by atoms with Crippen molar-refractivity contribution in [2.45, 2.75) is 50.7 Å². The Morgan fingerprint density at radius 3 is 2.62 bits per heavy atom. The number of fused-ring (bicyclic) bond motifs is 1. The molecule has 0 aromatic carbocycles. The molecule has 34 heavy (non-hydrogen) atoms. The molecule has 2 N–H and O–H groups in total. The molecule has 2 unspecified atom stereocenters. The quantitative estimate of drug-likeness (QED) is 0.560. The molecule has 4 bridgehead atoms. The minimum Gasteiger partial charge on any atom is -0.390 e. The smallest absolute Gasteiger partial charge is 0.330 e. The molecule has 10 heteroatoms. The van der Waals surface area contributed by atoms with E-state index in [1.165, 1.54) is 6.33 Å². The molecule has 2 atom stereocenters. The summed E-state index contributed by atoms with van der Waals surface area (Å²) in [7, 11) is 3.60. The summed E-state index contributed by atoms with van der Waals surface area (Å²) in [5.74, 6) is 2.29. The predicted molar refractivity (Wildman–Crippen MR) is 128 cm³/mol. The highest BCUT2D eigenvalue weighted by atomic mass is 16.3. The summed E-state index contributed by atoms with van der Waals surface area (Å²) >= 11 is 0. The van der Waals surface area contributed by atoms with Gasteiger partial charge in [-0.2, -0.15) is 10.1 Å². The standard InChI is InChI=1S/C24H30N8O2/c1-13(5-19-26-12-27-31(19)4)14(2)28-22-25-11-18-21(29-22)32(23(33)30(18)3)20-16-6-15-7-17(20)10-24(34,8-15)9-16/h5,11-12,15-17,20,34H,2,6-10H2,1,3-4H3,(H,25,28,29)/b13-5-. The molecule has 4 aliphatic rings. The molecule has 0 radical (unpaired) electrons. The normalized spacial score (nSPS) is 30.3. The van der Waals surface area contributed by atoms with E-state index in [-0.39, 0.29) is 11.7 Å². The molecule has 4 fully saturated rings. The molecule has 7 rings (SSSR count). The fourth-order valence-corrected chi connectivity index (χ4v) is 6.79. The third-order valence-electron chi connectivity index (χ3n) is 8.15. The first-order valence-corrected chi connectivity index (χ1v) is 11.9. The van der Waals surface area contributed by atoms with Gasteiger partial charge in [-0.1, -0.05) is 6.58 Å². The van der Waals surface area contributed by atoms with Gasteiger partial charge in [-0.15, -0.1) is 0 Å². The van der Waals surface area contributed by atoms with Gasteiger partial charge in [-0.3, -0.25) is 9.13 Å². The fourth-order valence-electron chi connectivity index (χ4n) is 6.79. The van der Waals surface area contributed by atoms with Crippen LogP contribution in [0.3, 0.4) is 0 Å². The molecular formula is C24H30N8O2. The lowest BCUT2D eigenvalue weighted by atomic mass is 9.52. The lowest BCUT2D eigenvalue weighted by Crippen LogP contribution is -2.56. The number of hydrogen-bond donors (Lipinski definition) is 2. The van der Waals surface area contributed by atoms with E-state index in [4.69, 9.17) is 4.98 Å². The number of allylic oxidation sites excluding steroid dienone is 1. The third-order valence-corrected chi connectivity index (χ3v) is 8.15. The van der Waals surface area contributed by atoms with Crippen molar-refractivity contribution in [3.05, 3.63) is 46.7 Å². The molecule has 3 heterocycles. The van der Waals surface area contributed by atoms with Gasteiger partial charge in [0.05, 0.1) is 11.8 Å². The topological polar surface area (TPSA) is 116 Å². The third kappa shape index (κ3) is 3.23. The maximum atomic E-state index is 13.4. The van der Waals surface area contributed by atoms with Crippen LogP contribution in [0, 0.1) is 17.8 Å². The van der Waals surface area contributed by atoms with Crippen LogP contribution in [0.2, 0.25) is 0 Å². The van der Waals surface area contributed by atoms with E-state index < -0.39 is 5.60 Å². The van der Waals surface area contributed by atoms with Crippen molar-refractivity contribution >= 4 is 23.2 Å². The highest BCUT2D eigenvalue weighted by Gasteiger charge is 2.56. The summed E-state index contributed by atoms with van der Waals surface area (Å²) < 4.78 is 5.19. The molecule has 3 aromatic rings. The number of aromatic nitrogens is 7. The Hall–Kier alpha value is -3.27. The molecule has 4 saturated carbocycles. The Balaban J connectivity index is 1.35. The van der Waals surface area contributed by atoms with Crippen LogP contribution in [-0.4, -0.2) is 44.6 Å². The molecule has 178 valence electrons.